The molecule has 0 saturated carbocycles. The smallest absolute Gasteiger partial charge is 0.258 e. The van der Waals surface area contributed by atoms with E-state index in [1.807, 2.05) is 55.5 Å². The lowest BCUT2D eigenvalue weighted by Gasteiger charge is -2.24. The first-order valence-electron chi connectivity index (χ1n) is 11.9. The third-order valence-electron chi connectivity index (χ3n) is 6.04. The fraction of sp³-hybridized carbons (Fsp3) is 0.133. The second-order valence-corrected chi connectivity index (χ2v) is 8.85. The van der Waals surface area contributed by atoms with E-state index in [1.165, 1.54) is 24.3 Å². The van der Waals surface area contributed by atoms with Crippen molar-refractivity contribution in [2.75, 3.05) is 17.0 Å². The van der Waals surface area contributed by atoms with Crippen LogP contribution in [0, 0.1) is 12.7 Å². The first-order chi connectivity index (χ1) is 17.9. The molecule has 0 bridgehead atoms. The summed E-state index contributed by atoms with van der Waals surface area (Å²) >= 11 is 0. The van der Waals surface area contributed by atoms with E-state index < -0.39 is 0 Å². The van der Waals surface area contributed by atoms with Crippen LogP contribution in [0.4, 0.5) is 15.8 Å². The van der Waals surface area contributed by atoms with Crippen LogP contribution in [0.2, 0.25) is 0 Å². The highest BCUT2D eigenvalue weighted by molar-refractivity contribution is 6.06. The Hall–Kier alpha value is -4.65. The Morgan fingerprint density at radius 1 is 0.865 bits per heavy atom. The monoisotopic (exact) mass is 496 g/mol. The van der Waals surface area contributed by atoms with Crippen molar-refractivity contribution in [2.24, 2.45) is 0 Å². The SMILES string of the molecule is Cc1ccc(CN(C(=O)c2ccc3c(c2)OCO3)c2cccc(CC(=O)Nc3ccc(F)cc3)c2)cc1. The van der Waals surface area contributed by atoms with Crippen LogP contribution in [0.1, 0.15) is 27.0 Å². The zero-order valence-electron chi connectivity index (χ0n) is 20.2. The van der Waals surface area contributed by atoms with Crippen LogP contribution >= 0.6 is 0 Å². The van der Waals surface area contributed by atoms with E-state index in [0.29, 0.717) is 35.0 Å². The van der Waals surface area contributed by atoms with Crippen LogP contribution in [0.3, 0.4) is 0 Å². The molecule has 4 aromatic rings. The van der Waals surface area contributed by atoms with Gasteiger partial charge in [-0.05, 0) is 72.6 Å². The first kappa shape index (κ1) is 24.1. The predicted molar refractivity (Wildman–Crippen MR) is 139 cm³/mol. The van der Waals surface area contributed by atoms with Crippen LogP contribution in [0.15, 0.2) is 91.0 Å². The maximum Gasteiger partial charge on any atom is 0.258 e. The molecule has 0 saturated heterocycles. The number of amides is 2. The maximum atomic E-state index is 13.7. The lowest BCUT2D eigenvalue weighted by molar-refractivity contribution is -0.115. The number of carbonyl (C=O) groups excluding carboxylic acids is 2. The van der Waals surface area contributed by atoms with Crippen LogP contribution < -0.4 is 19.7 Å². The molecule has 1 N–H and O–H groups in total. The highest BCUT2D eigenvalue weighted by Crippen LogP contribution is 2.33. The summed E-state index contributed by atoms with van der Waals surface area (Å²) in [5.41, 5.74) is 4.49. The lowest BCUT2D eigenvalue weighted by Crippen LogP contribution is -2.30. The van der Waals surface area contributed by atoms with Crippen LogP contribution in [0.25, 0.3) is 0 Å². The van der Waals surface area contributed by atoms with Crippen LogP contribution in [-0.2, 0) is 17.8 Å². The van der Waals surface area contributed by atoms with Crippen LogP contribution in [-0.4, -0.2) is 18.6 Å². The van der Waals surface area contributed by atoms with Gasteiger partial charge in [0.25, 0.3) is 5.91 Å². The molecule has 1 heterocycles. The quantitative estimate of drug-likeness (QED) is 0.346. The highest BCUT2D eigenvalue weighted by Gasteiger charge is 2.22. The summed E-state index contributed by atoms with van der Waals surface area (Å²) in [6.45, 7) is 2.49. The summed E-state index contributed by atoms with van der Waals surface area (Å²) in [6, 6.07) is 26.1. The number of anilines is 2. The average Bonchev–Trinajstić information content (AvgIpc) is 3.37. The van der Waals surface area contributed by atoms with Gasteiger partial charge in [0.2, 0.25) is 12.7 Å². The van der Waals surface area contributed by atoms with Gasteiger partial charge < -0.3 is 19.7 Å². The Morgan fingerprint density at radius 3 is 2.41 bits per heavy atom. The summed E-state index contributed by atoms with van der Waals surface area (Å²) in [5, 5.41) is 2.77. The Bertz CT molecular complexity index is 1440. The highest BCUT2D eigenvalue weighted by atomic mass is 19.1. The molecule has 0 aromatic heterocycles. The first-order valence-corrected chi connectivity index (χ1v) is 11.9. The van der Waals surface area contributed by atoms with Gasteiger partial charge in [-0.2, -0.15) is 0 Å². The Labute approximate surface area is 214 Å². The van der Waals surface area contributed by atoms with Crippen molar-refractivity contribution in [3.05, 3.63) is 119 Å². The average molecular weight is 497 g/mol. The van der Waals surface area contributed by atoms with Crippen molar-refractivity contribution in [1.82, 2.24) is 0 Å². The molecule has 1 aliphatic rings. The molecule has 7 heteroatoms. The molecule has 2 amide bonds. The van der Waals surface area contributed by atoms with Gasteiger partial charge in [-0.1, -0.05) is 42.0 Å². The topological polar surface area (TPSA) is 67.9 Å². The molecular formula is C30H25FN2O4. The summed E-state index contributed by atoms with van der Waals surface area (Å²) in [4.78, 5) is 28.0. The van der Waals surface area contributed by atoms with Gasteiger partial charge in [-0.25, -0.2) is 4.39 Å². The number of benzene rings is 4. The number of nitrogens with one attached hydrogen (secondary N) is 1. The Kier molecular flexibility index (Phi) is 6.85. The van der Waals surface area contributed by atoms with Gasteiger partial charge >= 0.3 is 0 Å². The van der Waals surface area contributed by atoms with Crippen molar-refractivity contribution in [3.63, 3.8) is 0 Å². The van der Waals surface area contributed by atoms with Gasteiger partial charge in [-0.3, -0.25) is 9.59 Å². The number of ether oxygens (including phenoxy) is 2. The number of carbonyl (C=O) groups is 2. The summed E-state index contributed by atoms with van der Waals surface area (Å²) in [6.07, 6.45) is 0.0990. The molecule has 5 rings (SSSR count). The predicted octanol–water partition coefficient (Wildman–Crippen LogP) is 5.89. The van der Waals surface area contributed by atoms with Crippen molar-refractivity contribution in [3.8, 4) is 11.5 Å². The molecule has 37 heavy (non-hydrogen) atoms. The fourth-order valence-corrected chi connectivity index (χ4v) is 4.10. The minimum Gasteiger partial charge on any atom is -0.454 e. The molecule has 0 spiro atoms. The summed E-state index contributed by atoms with van der Waals surface area (Å²) in [7, 11) is 0. The Morgan fingerprint density at radius 2 is 1.62 bits per heavy atom. The fourth-order valence-electron chi connectivity index (χ4n) is 4.10. The molecule has 4 aromatic carbocycles. The number of hydrogen-bond donors (Lipinski definition) is 1. The summed E-state index contributed by atoms with van der Waals surface area (Å²) in [5.74, 6) is 0.331. The lowest BCUT2D eigenvalue weighted by atomic mass is 10.1. The molecule has 1 aliphatic heterocycles. The van der Waals surface area contributed by atoms with Gasteiger partial charge in [0, 0.05) is 16.9 Å². The largest absolute Gasteiger partial charge is 0.454 e. The van der Waals surface area contributed by atoms with E-state index in [4.69, 9.17) is 9.47 Å². The van der Waals surface area contributed by atoms with Gasteiger partial charge in [0.1, 0.15) is 5.82 Å². The van der Waals surface area contributed by atoms with E-state index in [0.717, 1.165) is 16.7 Å². The standard InChI is InChI=1S/C30H25FN2O4/c1-20-5-7-21(8-6-20)18-33(30(35)23-9-14-27-28(17-23)37-19-36-27)26-4-2-3-22(15-26)16-29(34)32-25-12-10-24(31)11-13-25/h2-15,17H,16,18-19H2,1H3,(H,32,34). The molecule has 186 valence electrons. The third-order valence-corrected chi connectivity index (χ3v) is 6.04. The van der Waals surface area contributed by atoms with E-state index in [9.17, 15) is 14.0 Å². The number of halogens is 1. The molecule has 6 nitrogen and oxygen atoms in total. The molecule has 0 fully saturated rings. The number of aryl methyl sites for hydroxylation is 1. The van der Waals surface area contributed by atoms with E-state index >= 15 is 0 Å². The van der Waals surface area contributed by atoms with Crippen LogP contribution in [0.5, 0.6) is 11.5 Å². The van der Waals surface area contributed by atoms with Crippen molar-refractivity contribution < 1.29 is 23.5 Å². The number of hydrogen-bond acceptors (Lipinski definition) is 4. The molecular weight excluding hydrogens is 471 g/mol. The molecule has 0 radical (unpaired) electrons. The van der Waals surface area contributed by atoms with E-state index in [2.05, 4.69) is 5.32 Å². The molecule has 0 atom stereocenters. The van der Waals surface area contributed by atoms with Gasteiger partial charge in [0.05, 0.1) is 13.0 Å². The zero-order chi connectivity index (χ0) is 25.8. The third kappa shape index (κ3) is 5.78. The zero-order valence-corrected chi connectivity index (χ0v) is 20.2. The minimum absolute atomic E-state index is 0.0990. The summed E-state index contributed by atoms with van der Waals surface area (Å²) < 4.78 is 24.0. The van der Waals surface area contributed by atoms with E-state index in [-0.39, 0.29) is 30.8 Å². The number of rotatable bonds is 7. The maximum absolute atomic E-state index is 13.7. The van der Waals surface area contributed by atoms with Crippen molar-refractivity contribution in [2.45, 2.75) is 19.9 Å². The molecule has 0 aliphatic carbocycles. The second-order valence-electron chi connectivity index (χ2n) is 8.85. The molecule has 0 unspecified atom stereocenters. The number of fused-ring (bicyclic) bond motifs is 1. The Balaban J connectivity index is 1.40. The second kappa shape index (κ2) is 10.5. The normalized spacial score (nSPS) is 11.7. The minimum atomic E-state index is -0.369. The van der Waals surface area contributed by atoms with Crippen molar-refractivity contribution >= 4 is 23.2 Å². The number of nitrogens with zero attached hydrogens (tertiary/aromatic N) is 1. The van der Waals surface area contributed by atoms with E-state index in [1.54, 1.807) is 23.1 Å². The van der Waals surface area contributed by atoms with Gasteiger partial charge in [-0.15, -0.1) is 0 Å². The van der Waals surface area contributed by atoms with Crippen molar-refractivity contribution in [1.29, 1.82) is 0 Å². The van der Waals surface area contributed by atoms with Gasteiger partial charge in [0.15, 0.2) is 11.5 Å².